The van der Waals surface area contributed by atoms with Gasteiger partial charge in [-0.25, -0.2) is 4.68 Å². The van der Waals surface area contributed by atoms with Gasteiger partial charge in [0.15, 0.2) is 0 Å². The minimum absolute atomic E-state index is 0.00922. The molecule has 2 aliphatic heterocycles. The Hall–Kier alpha value is -2.73. The summed E-state index contributed by atoms with van der Waals surface area (Å²) in [6.45, 7) is 6.48. The highest BCUT2D eigenvalue weighted by Crippen LogP contribution is 2.35. The number of nitrogens with zero attached hydrogens (tertiary/aromatic N) is 4. The third-order valence-electron chi connectivity index (χ3n) is 5.92. The highest BCUT2D eigenvalue weighted by Gasteiger charge is 2.26. The molecule has 0 atom stereocenters. The summed E-state index contributed by atoms with van der Waals surface area (Å²) in [4.78, 5) is 15.8. The molecular formula is C21H23N5O. The van der Waals surface area contributed by atoms with Crippen LogP contribution in [0.1, 0.15) is 32.7 Å². The number of piperidine rings is 1. The summed E-state index contributed by atoms with van der Waals surface area (Å²) in [5.74, 6) is 0. The molecule has 27 heavy (non-hydrogen) atoms. The predicted octanol–water partition coefficient (Wildman–Crippen LogP) is 2.46. The van der Waals surface area contributed by atoms with Crippen LogP contribution in [0.25, 0.3) is 28.1 Å². The van der Waals surface area contributed by atoms with Crippen LogP contribution in [-0.4, -0.2) is 40.0 Å². The Labute approximate surface area is 157 Å². The average Bonchev–Trinajstić information content (AvgIpc) is 3.02. The Morgan fingerprint density at radius 3 is 2.74 bits per heavy atom. The molecule has 1 aromatic heterocycles. The first-order chi connectivity index (χ1) is 13.1. The number of hydrogen-bond acceptors (Lipinski definition) is 5. The van der Waals surface area contributed by atoms with Crippen molar-refractivity contribution in [3.63, 3.8) is 0 Å². The maximum atomic E-state index is 13.3. The zero-order chi connectivity index (χ0) is 18.5. The van der Waals surface area contributed by atoms with Gasteiger partial charge in [-0.2, -0.15) is 10.2 Å². The van der Waals surface area contributed by atoms with Crippen LogP contribution in [0.5, 0.6) is 0 Å². The minimum Gasteiger partial charge on any atom is -0.301 e. The molecule has 6 nitrogen and oxygen atoms in total. The highest BCUT2D eigenvalue weighted by molar-refractivity contribution is 6.03. The molecule has 5 rings (SSSR count). The molecule has 1 saturated heterocycles. The van der Waals surface area contributed by atoms with Gasteiger partial charge in [0, 0.05) is 41.7 Å². The number of anilines is 1. The number of fused-ring (bicyclic) bond motifs is 2. The van der Waals surface area contributed by atoms with Crippen molar-refractivity contribution in [3.8, 4) is 11.1 Å². The zero-order valence-electron chi connectivity index (χ0n) is 15.6. The number of nitrogens with one attached hydrogen (secondary N) is 1. The summed E-state index contributed by atoms with van der Waals surface area (Å²) in [6.07, 6.45) is 5.62. The fourth-order valence-corrected chi connectivity index (χ4v) is 4.38. The fourth-order valence-electron chi connectivity index (χ4n) is 4.38. The van der Waals surface area contributed by atoms with Crippen molar-refractivity contribution < 1.29 is 0 Å². The molecule has 3 heterocycles. The maximum Gasteiger partial charge on any atom is 0.274 e. The van der Waals surface area contributed by atoms with E-state index in [1.165, 1.54) is 0 Å². The molecule has 0 spiro atoms. The van der Waals surface area contributed by atoms with E-state index in [1.807, 2.05) is 30.3 Å². The Balaban J connectivity index is 1.64. The Morgan fingerprint density at radius 2 is 1.96 bits per heavy atom. The molecular weight excluding hydrogens is 338 g/mol. The molecule has 0 unspecified atom stereocenters. The van der Waals surface area contributed by atoms with E-state index in [9.17, 15) is 4.79 Å². The van der Waals surface area contributed by atoms with Crippen LogP contribution in [0.3, 0.4) is 0 Å². The van der Waals surface area contributed by atoms with Gasteiger partial charge < -0.3 is 4.90 Å². The van der Waals surface area contributed by atoms with E-state index in [4.69, 9.17) is 5.10 Å². The molecule has 138 valence electrons. The van der Waals surface area contributed by atoms with Gasteiger partial charge in [0.1, 0.15) is 0 Å². The van der Waals surface area contributed by atoms with Crippen LogP contribution in [0.2, 0.25) is 0 Å². The lowest BCUT2D eigenvalue weighted by Gasteiger charge is -2.34. The van der Waals surface area contributed by atoms with Gasteiger partial charge in [-0.15, -0.1) is 0 Å². The molecule has 1 fully saturated rings. The first-order valence-electron chi connectivity index (χ1n) is 9.65. The van der Waals surface area contributed by atoms with E-state index >= 15 is 0 Å². The lowest BCUT2D eigenvalue weighted by Crippen LogP contribution is -2.41. The second-order valence-electron chi connectivity index (χ2n) is 7.75. The van der Waals surface area contributed by atoms with Gasteiger partial charge >= 0.3 is 0 Å². The second-order valence-corrected chi connectivity index (χ2v) is 7.75. The van der Waals surface area contributed by atoms with Crippen LogP contribution in [0.4, 0.5) is 5.69 Å². The number of hydrazone groups is 1. The fraction of sp³-hybridized carbons (Fsp3) is 0.381. The van der Waals surface area contributed by atoms with Crippen molar-refractivity contribution in [2.24, 2.45) is 5.10 Å². The number of aromatic nitrogens is 2. The van der Waals surface area contributed by atoms with Gasteiger partial charge in [0.2, 0.25) is 0 Å². The topological polar surface area (TPSA) is 62.5 Å². The van der Waals surface area contributed by atoms with Crippen LogP contribution in [0.15, 0.2) is 34.2 Å². The Bertz CT molecular complexity index is 1120. The minimum atomic E-state index is 0.00922. The number of likely N-dealkylation sites (tertiary alicyclic amines) is 1. The van der Waals surface area contributed by atoms with Crippen LogP contribution >= 0.6 is 0 Å². The SMILES string of the molecule is CC(C)N1CCC(n2nc3ccc4c5c(ccc(c3-4)c2=O)=CC=NN5)CC1. The molecule has 2 aliphatic carbocycles. The Morgan fingerprint density at radius 1 is 1.15 bits per heavy atom. The van der Waals surface area contributed by atoms with E-state index < -0.39 is 0 Å². The standard InChI is InChI=1S/C21H23N5O/c1-13(2)25-11-8-15(9-12-25)26-21(27)17-4-3-14-7-10-22-23-20(14)16-5-6-18(24-26)19(16)17/h3-7,10,13,15,23H,8-9,11-12H2,1-2H3. The normalized spacial score (nSPS) is 18.0. The molecule has 0 amide bonds. The molecule has 0 aromatic carbocycles. The molecule has 0 saturated carbocycles. The first kappa shape index (κ1) is 16.4. The quantitative estimate of drug-likeness (QED) is 0.762. The molecule has 4 aliphatic rings. The van der Waals surface area contributed by atoms with E-state index in [-0.39, 0.29) is 11.6 Å². The van der Waals surface area contributed by atoms with Crippen molar-refractivity contribution >= 4 is 28.9 Å². The Kier molecular flexibility index (Phi) is 3.75. The van der Waals surface area contributed by atoms with E-state index in [0.717, 1.165) is 58.9 Å². The van der Waals surface area contributed by atoms with Crippen LogP contribution < -0.4 is 16.2 Å². The first-order valence-corrected chi connectivity index (χ1v) is 9.65. The summed E-state index contributed by atoms with van der Waals surface area (Å²) in [5.41, 5.74) is 6.83. The van der Waals surface area contributed by atoms with Crippen molar-refractivity contribution in [2.75, 3.05) is 18.5 Å². The largest absolute Gasteiger partial charge is 0.301 e. The van der Waals surface area contributed by atoms with Crippen LogP contribution in [-0.2, 0) is 0 Å². The van der Waals surface area contributed by atoms with Crippen molar-refractivity contribution in [3.05, 3.63) is 39.8 Å². The molecule has 0 radical (unpaired) electrons. The van der Waals surface area contributed by atoms with Crippen molar-refractivity contribution in [1.82, 2.24) is 14.7 Å². The number of rotatable bonds is 2. The highest BCUT2D eigenvalue weighted by atomic mass is 16.1. The van der Waals surface area contributed by atoms with E-state index in [1.54, 1.807) is 10.9 Å². The second kappa shape index (κ2) is 6.16. The van der Waals surface area contributed by atoms with Crippen molar-refractivity contribution in [2.45, 2.75) is 38.8 Å². The van der Waals surface area contributed by atoms with Gasteiger partial charge in [0.05, 0.1) is 22.6 Å². The third kappa shape index (κ3) is 2.55. The smallest absolute Gasteiger partial charge is 0.274 e. The molecule has 1 N–H and O–H groups in total. The molecule has 1 aromatic rings. The van der Waals surface area contributed by atoms with E-state index in [2.05, 4.69) is 29.3 Å². The zero-order valence-corrected chi connectivity index (χ0v) is 15.6. The summed E-state index contributed by atoms with van der Waals surface area (Å²) in [5, 5.41) is 10.7. The van der Waals surface area contributed by atoms with Gasteiger partial charge in [-0.3, -0.25) is 10.2 Å². The van der Waals surface area contributed by atoms with Crippen molar-refractivity contribution in [1.29, 1.82) is 0 Å². The van der Waals surface area contributed by atoms with Gasteiger partial charge in [-0.1, -0.05) is 6.07 Å². The lowest BCUT2D eigenvalue weighted by atomic mass is 10.0. The summed E-state index contributed by atoms with van der Waals surface area (Å²) >= 11 is 0. The molecule has 0 bridgehead atoms. The van der Waals surface area contributed by atoms with Gasteiger partial charge in [-0.05, 0) is 51.0 Å². The van der Waals surface area contributed by atoms with E-state index in [0.29, 0.717) is 6.04 Å². The average molecular weight is 361 g/mol. The molecule has 6 heteroatoms. The lowest BCUT2D eigenvalue weighted by molar-refractivity contribution is 0.145. The van der Waals surface area contributed by atoms with Gasteiger partial charge in [0.25, 0.3) is 5.56 Å². The third-order valence-corrected chi connectivity index (χ3v) is 5.92. The monoisotopic (exact) mass is 361 g/mol. The maximum absolute atomic E-state index is 13.3. The summed E-state index contributed by atoms with van der Waals surface area (Å²) in [7, 11) is 0. The predicted molar refractivity (Wildman–Crippen MR) is 109 cm³/mol. The summed E-state index contributed by atoms with van der Waals surface area (Å²) in [6, 6.07) is 8.70. The van der Waals surface area contributed by atoms with Crippen LogP contribution in [0, 0.1) is 0 Å². The number of hydrogen-bond donors (Lipinski definition) is 1. The summed E-state index contributed by atoms with van der Waals surface area (Å²) < 4.78 is 1.74.